The molecule has 1 N–H and O–H groups in total. The minimum Gasteiger partial charge on any atom is -0.348 e. The molecule has 2 aliphatic heterocycles. The van der Waals surface area contributed by atoms with Crippen LogP contribution in [-0.2, 0) is 4.79 Å². The number of nitrogens with zero attached hydrogens (tertiary/aromatic N) is 2. The van der Waals surface area contributed by atoms with Gasteiger partial charge in [-0.1, -0.05) is 12.1 Å². The maximum Gasteiger partial charge on any atom is 0.270 e. The van der Waals surface area contributed by atoms with Gasteiger partial charge in [-0.3, -0.25) is 9.59 Å². The number of rotatable bonds is 1. The van der Waals surface area contributed by atoms with E-state index >= 15 is 0 Å². The number of hydrogen-bond donors (Lipinski definition) is 1. The third-order valence-electron chi connectivity index (χ3n) is 6.13. The first-order chi connectivity index (χ1) is 12.4. The third kappa shape index (κ3) is 2.50. The highest BCUT2D eigenvalue weighted by Gasteiger charge is 2.49. The summed E-state index contributed by atoms with van der Waals surface area (Å²) in [6.07, 6.45) is 3.55. The molecule has 2 amide bonds. The van der Waals surface area contributed by atoms with Crippen molar-refractivity contribution >= 4 is 22.7 Å². The van der Waals surface area contributed by atoms with Crippen LogP contribution in [0, 0.1) is 5.82 Å². The number of amides is 2. The average molecular weight is 357 g/mol. The Bertz CT molecular complexity index is 877. The number of benzene rings is 1. The van der Waals surface area contributed by atoms with Gasteiger partial charge in [-0.25, -0.2) is 4.39 Å². The lowest BCUT2D eigenvalue weighted by Crippen LogP contribution is -2.68. The molecule has 3 heterocycles. The van der Waals surface area contributed by atoms with E-state index in [1.165, 1.54) is 6.07 Å². The van der Waals surface area contributed by atoms with E-state index in [2.05, 4.69) is 11.9 Å². The number of para-hydroxylation sites is 1. The maximum absolute atomic E-state index is 14.0. The number of aromatic nitrogens is 1. The van der Waals surface area contributed by atoms with Gasteiger partial charge in [-0.15, -0.1) is 0 Å². The fourth-order valence-electron chi connectivity index (χ4n) is 4.89. The van der Waals surface area contributed by atoms with Crippen molar-refractivity contribution < 1.29 is 14.0 Å². The molecule has 2 saturated heterocycles. The molecule has 1 aromatic carbocycles. The van der Waals surface area contributed by atoms with Crippen LogP contribution in [0.4, 0.5) is 4.39 Å². The highest BCUT2D eigenvalue weighted by Crippen LogP contribution is 2.39. The number of piperidine rings is 2. The van der Waals surface area contributed by atoms with Crippen LogP contribution in [0.2, 0.25) is 0 Å². The molecular weight excluding hydrogens is 333 g/mol. The fraction of sp³-hybridized carbons (Fsp3) is 0.500. The van der Waals surface area contributed by atoms with Crippen molar-refractivity contribution in [1.29, 1.82) is 0 Å². The second-order valence-electron chi connectivity index (χ2n) is 7.68. The molecule has 138 valence electrons. The van der Waals surface area contributed by atoms with E-state index in [-0.39, 0.29) is 29.2 Å². The first-order valence-corrected chi connectivity index (χ1v) is 9.28. The maximum atomic E-state index is 14.0. The van der Waals surface area contributed by atoms with Crippen LogP contribution in [0.3, 0.4) is 0 Å². The minimum absolute atomic E-state index is 0.00217. The fourth-order valence-corrected chi connectivity index (χ4v) is 4.89. The first-order valence-electron chi connectivity index (χ1n) is 9.28. The minimum atomic E-state index is -0.356. The molecule has 26 heavy (non-hydrogen) atoms. The van der Waals surface area contributed by atoms with Crippen LogP contribution < -0.4 is 0 Å². The second-order valence-corrected chi connectivity index (χ2v) is 7.68. The summed E-state index contributed by atoms with van der Waals surface area (Å²) in [6.45, 7) is 5.13. The summed E-state index contributed by atoms with van der Waals surface area (Å²) >= 11 is 0. The smallest absolute Gasteiger partial charge is 0.270 e. The monoisotopic (exact) mass is 357 g/mol. The van der Waals surface area contributed by atoms with E-state index in [1.54, 1.807) is 25.1 Å². The molecule has 6 heteroatoms. The number of carbonyl (C=O) groups excluding carboxylic acids is 2. The van der Waals surface area contributed by atoms with Crippen LogP contribution in [0.15, 0.2) is 24.3 Å². The summed E-state index contributed by atoms with van der Waals surface area (Å²) in [6, 6.07) is 6.54. The van der Waals surface area contributed by atoms with Gasteiger partial charge in [0.25, 0.3) is 5.91 Å². The Morgan fingerprint density at radius 2 is 2.08 bits per heavy atom. The predicted molar refractivity (Wildman–Crippen MR) is 97.3 cm³/mol. The molecule has 0 radical (unpaired) electrons. The van der Waals surface area contributed by atoms with Gasteiger partial charge in [0.05, 0.1) is 17.1 Å². The lowest BCUT2D eigenvalue weighted by molar-refractivity contribution is -0.143. The summed E-state index contributed by atoms with van der Waals surface area (Å²) in [5, 5.41) is 0.696. The number of nitrogens with one attached hydrogen (secondary N) is 1. The Labute approximate surface area is 152 Å². The number of aromatic amines is 1. The van der Waals surface area contributed by atoms with Crippen LogP contribution >= 0.6 is 0 Å². The molecule has 2 fully saturated rings. The summed E-state index contributed by atoms with van der Waals surface area (Å²) in [7, 11) is 0. The van der Waals surface area contributed by atoms with Gasteiger partial charge in [0.15, 0.2) is 0 Å². The average Bonchev–Trinajstić information content (AvgIpc) is 3.05. The molecule has 4 rings (SSSR count). The topological polar surface area (TPSA) is 56.4 Å². The molecule has 0 aliphatic carbocycles. The third-order valence-corrected chi connectivity index (χ3v) is 6.13. The molecule has 0 saturated carbocycles. The zero-order valence-electron chi connectivity index (χ0n) is 15.2. The highest BCUT2D eigenvalue weighted by atomic mass is 19.1. The molecule has 2 aromatic rings. The zero-order chi connectivity index (χ0) is 18.5. The van der Waals surface area contributed by atoms with Crippen molar-refractivity contribution in [2.24, 2.45) is 0 Å². The second kappa shape index (κ2) is 6.11. The number of likely N-dealkylation sites (tertiary alicyclic amines) is 2. The normalized spacial score (nSPS) is 26.0. The van der Waals surface area contributed by atoms with E-state index in [4.69, 9.17) is 0 Å². The molecule has 2 atom stereocenters. The Kier molecular flexibility index (Phi) is 4.01. The number of carbonyl (C=O) groups is 2. The van der Waals surface area contributed by atoms with Crippen molar-refractivity contribution in [2.75, 3.05) is 13.1 Å². The molecular formula is C20H24FN3O2. The van der Waals surface area contributed by atoms with Crippen molar-refractivity contribution in [3.8, 4) is 0 Å². The predicted octanol–water partition coefficient (Wildman–Crippen LogP) is 3.31. The van der Waals surface area contributed by atoms with E-state index in [9.17, 15) is 14.0 Å². The van der Waals surface area contributed by atoms with Gasteiger partial charge in [-0.2, -0.15) is 0 Å². The molecule has 0 spiro atoms. The molecule has 0 bridgehead atoms. The molecule has 2 aliphatic rings. The number of hydrogen-bond acceptors (Lipinski definition) is 2. The van der Waals surface area contributed by atoms with Gasteiger partial charge in [-0.05, 0) is 44.7 Å². The number of halogens is 1. The van der Waals surface area contributed by atoms with Gasteiger partial charge in [0, 0.05) is 25.4 Å². The van der Waals surface area contributed by atoms with Crippen LogP contribution in [0.1, 0.15) is 50.0 Å². The summed E-state index contributed by atoms with van der Waals surface area (Å²) in [5.74, 6) is -0.397. The van der Waals surface area contributed by atoms with Crippen LogP contribution in [0.25, 0.3) is 10.9 Å². The summed E-state index contributed by atoms with van der Waals surface area (Å²) < 4.78 is 14.0. The quantitative estimate of drug-likeness (QED) is 0.851. The molecule has 5 nitrogen and oxygen atoms in total. The van der Waals surface area contributed by atoms with Gasteiger partial charge in [0.2, 0.25) is 5.91 Å². The zero-order valence-corrected chi connectivity index (χ0v) is 15.2. The first kappa shape index (κ1) is 17.1. The number of H-pyrrole nitrogens is 1. The Balaban J connectivity index is 1.68. The van der Waals surface area contributed by atoms with Gasteiger partial charge < -0.3 is 14.8 Å². The Morgan fingerprint density at radius 1 is 1.27 bits per heavy atom. The Morgan fingerprint density at radius 3 is 2.81 bits per heavy atom. The summed E-state index contributed by atoms with van der Waals surface area (Å²) in [5.41, 5.74) is 0.453. The highest BCUT2D eigenvalue weighted by molar-refractivity contribution is 5.98. The van der Waals surface area contributed by atoms with E-state index in [0.29, 0.717) is 23.1 Å². The lowest BCUT2D eigenvalue weighted by Gasteiger charge is -2.56. The van der Waals surface area contributed by atoms with Gasteiger partial charge >= 0.3 is 0 Å². The Hall–Kier alpha value is -2.37. The van der Waals surface area contributed by atoms with Crippen molar-refractivity contribution in [3.63, 3.8) is 0 Å². The number of fused-ring (bicyclic) bond motifs is 2. The molecule has 1 aromatic heterocycles. The SMILES string of the molecule is CC(=O)N1CCC[C@H]2N(C(=O)c3cc4cccc(F)c4[nH]3)CCC[C@@]21C. The van der Waals surface area contributed by atoms with Crippen molar-refractivity contribution in [1.82, 2.24) is 14.8 Å². The lowest BCUT2D eigenvalue weighted by atomic mass is 9.76. The van der Waals surface area contributed by atoms with E-state index in [0.717, 1.165) is 32.2 Å². The van der Waals surface area contributed by atoms with E-state index < -0.39 is 0 Å². The molecule has 0 unspecified atom stereocenters. The van der Waals surface area contributed by atoms with Crippen molar-refractivity contribution in [2.45, 2.75) is 51.1 Å². The van der Waals surface area contributed by atoms with Gasteiger partial charge in [0.1, 0.15) is 11.5 Å². The van der Waals surface area contributed by atoms with Crippen LogP contribution in [0.5, 0.6) is 0 Å². The standard InChI is InChI=1S/C20H24FN3O2/c1-13(25)24-11-4-8-17-20(24,2)9-5-10-23(17)19(26)16-12-14-6-3-7-15(21)18(14)22-16/h3,6-7,12,17,22H,4-5,8-11H2,1-2H3/t17-,20+/m1/s1. The summed E-state index contributed by atoms with van der Waals surface area (Å²) in [4.78, 5) is 32.1. The van der Waals surface area contributed by atoms with Crippen molar-refractivity contribution in [3.05, 3.63) is 35.8 Å². The van der Waals surface area contributed by atoms with E-state index in [1.807, 2.05) is 9.80 Å². The largest absolute Gasteiger partial charge is 0.348 e. The van der Waals surface area contributed by atoms with Crippen LogP contribution in [-0.4, -0.2) is 51.3 Å².